The van der Waals surface area contributed by atoms with Crippen molar-refractivity contribution in [3.05, 3.63) is 16.4 Å². The maximum atomic E-state index is 13.2. The Labute approximate surface area is 135 Å². The number of carbonyl (C=O) groups excluding carboxylic acids is 1. The fourth-order valence-corrected chi connectivity index (χ4v) is 3.60. The van der Waals surface area contributed by atoms with E-state index < -0.39 is 5.60 Å². The van der Waals surface area contributed by atoms with Gasteiger partial charge >= 0.3 is 0 Å². The number of aromatic nitrogens is 2. The second-order valence-corrected chi connectivity index (χ2v) is 6.86. The van der Waals surface area contributed by atoms with Crippen molar-refractivity contribution in [3.8, 4) is 0 Å². The first-order chi connectivity index (χ1) is 10.0. The molecule has 1 saturated carbocycles. The molecule has 0 aliphatic heterocycles. The maximum absolute atomic E-state index is 13.2. The van der Waals surface area contributed by atoms with Crippen molar-refractivity contribution in [2.24, 2.45) is 5.92 Å². The molecule has 4 nitrogen and oxygen atoms in total. The second kappa shape index (κ2) is 7.05. The van der Waals surface area contributed by atoms with Crippen molar-refractivity contribution in [1.82, 2.24) is 9.78 Å². The molecule has 2 rings (SSSR count). The molecule has 1 heterocycles. The van der Waals surface area contributed by atoms with Gasteiger partial charge < -0.3 is 4.74 Å². The van der Waals surface area contributed by atoms with Gasteiger partial charge in [0.15, 0.2) is 0 Å². The lowest BCUT2D eigenvalue weighted by molar-refractivity contribution is -0.0480. The first-order valence-electron chi connectivity index (χ1n) is 7.94. The van der Waals surface area contributed by atoms with Gasteiger partial charge in [-0.05, 0) is 60.9 Å². The molecule has 0 bridgehead atoms. The molecule has 0 unspecified atom stereocenters. The third-order valence-electron chi connectivity index (χ3n) is 4.36. The molecule has 0 aromatic carbocycles. The number of nitrogens with zero attached hydrogens (tertiary/aromatic N) is 2. The lowest BCUT2D eigenvalue weighted by Crippen LogP contribution is -2.45. The van der Waals surface area contributed by atoms with Crippen LogP contribution in [0.5, 0.6) is 0 Å². The summed E-state index contributed by atoms with van der Waals surface area (Å²) < 4.78 is 8.57. The van der Waals surface area contributed by atoms with Crippen LogP contribution in [0, 0.1) is 5.92 Å². The third-order valence-corrected chi connectivity index (χ3v) is 4.94. The van der Waals surface area contributed by atoms with Gasteiger partial charge in [-0.3, -0.25) is 9.48 Å². The Kier molecular flexibility index (Phi) is 5.60. The minimum absolute atomic E-state index is 0.0917. The third kappa shape index (κ3) is 3.39. The molecule has 0 amide bonds. The summed E-state index contributed by atoms with van der Waals surface area (Å²) in [6, 6.07) is 0. The number of hydrogen-bond acceptors (Lipinski definition) is 3. The number of ketones is 1. The van der Waals surface area contributed by atoms with Crippen LogP contribution < -0.4 is 0 Å². The number of carbonyl (C=O) groups is 1. The molecule has 1 aromatic rings. The molecule has 0 spiro atoms. The quantitative estimate of drug-likeness (QED) is 0.716. The standard InChI is InChI=1S/C16H25BrN2O2/c1-4-10-19-14(13(17)11-18-19)15(20)16(21-5-2)8-6-12(3)7-9-16/h11-12H,4-10H2,1-3H3. The zero-order valence-corrected chi connectivity index (χ0v) is 14.8. The maximum Gasteiger partial charge on any atom is 0.213 e. The monoisotopic (exact) mass is 356 g/mol. The summed E-state index contributed by atoms with van der Waals surface area (Å²) in [7, 11) is 0. The van der Waals surface area contributed by atoms with Crippen LogP contribution in [0.25, 0.3) is 0 Å². The Balaban J connectivity index is 2.33. The Hall–Kier alpha value is -0.680. The molecular formula is C16H25BrN2O2. The summed E-state index contributed by atoms with van der Waals surface area (Å²) in [6.07, 6.45) is 6.38. The van der Waals surface area contributed by atoms with Gasteiger partial charge in [0, 0.05) is 13.2 Å². The molecule has 1 aliphatic carbocycles. The normalized spacial score (nSPS) is 26.0. The number of Topliss-reactive ketones (excluding diaryl/α,β-unsaturated/α-hetero) is 1. The highest BCUT2D eigenvalue weighted by molar-refractivity contribution is 9.10. The predicted molar refractivity (Wildman–Crippen MR) is 86.5 cm³/mol. The highest BCUT2D eigenvalue weighted by atomic mass is 79.9. The average Bonchev–Trinajstić information content (AvgIpc) is 2.82. The molecular weight excluding hydrogens is 332 g/mol. The van der Waals surface area contributed by atoms with Gasteiger partial charge in [-0.15, -0.1) is 0 Å². The average molecular weight is 357 g/mol. The van der Waals surface area contributed by atoms with Crippen LogP contribution in [-0.4, -0.2) is 27.8 Å². The topological polar surface area (TPSA) is 44.1 Å². The van der Waals surface area contributed by atoms with Crippen LogP contribution in [-0.2, 0) is 11.3 Å². The van der Waals surface area contributed by atoms with Gasteiger partial charge in [0.05, 0.1) is 10.7 Å². The molecule has 118 valence electrons. The lowest BCUT2D eigenvalue weighted by atomic mass is 9.76. The number of rotatable bonds is 6. The summed E-state index contributed by atoms with van der Waals surface area (Å²) >= 11 is 3.48. The van der Waals surface area contributed by atoms with E-state index in [9.17, 15) is 4.79 Å². The van der Waals surface area contributed by atoms with Crippen LogP contribution >= 0.6 is 15.9 Å². The minimum Gasteiger partial charge on any atom is -0.367 e. The summed E-state index contributed by atoms with van der Waals surface area (Å²) in [5.41, 5.74) is 0.00909. The van der Waals surface area contributed by atoms with Crippen molar-refractivity contribution in [1.29, 1.82) is 0 Å². The Morgan fingerprint density at radius 1 is 1.48 bits per heavy atom. The van der Waals surface area contributed by atoms with Gasteiger partial charge in [-0.2, -0.15) is 5.10 Å². The van der Waals surface area contributed by atoms with Gasteiger partial charge in [0.25, 0.3) is 0 Å². The Morgan fingerprint density at radius 2 is 2.14 bits per heavy atom. The molecule has 0 N–H and O–H groups in total. The van der Waals surface area contributed by atoms with Gasteiger partial charge in [-0.25, -0.2) is 0 Å². The molecule has 5 heteroatoms. The fourth-order valence-electron chi connectivity index (χ4n) is 3.13. The van der Waals surface area contributed by atoms with E-state index in [4.69, 9.17) is 4.74 Å². The van der Waals surface area contributed by atoms with Crippen LogP contribution in [0.15, 0.2) is 10.7 Å². The number of ether oxygens (including phenoxy) is 1. The van der Waals surface area contributed by atoms with Crippen LogP contribution in [0.4, 0.5) is 0 Å². The van der Waals surface area contributed by atoms with Crippen molar-refractivity contribution in [3.63, 3.8) is 0 Å². The molecule has 0 atom stereocenters. The van der Waals surface area contributed by atoms with Crippen molar-refractivity contribution >= 4 is 21.7 Å². The van der Waals surface area contributed by atoms with Crippen LogP contribution in [0.3, 0.4) is 0 Å². The summed E-state index contributed by atoms with van der Waals surface area (Å²) in [4.78, 5) is 13.2. The Bertz CT molecular complexity index is 490. The van der Waals surface area contributed by atoms with E-state index in [2.05, 4.69) is 34.9 Å². The highest BCUT2D eigenvalue weighted by Crippen LogP contribution is 2.38. The molecule has 1 aliphatic rings. The number of aryl methyl sites for hydroxylation is 1. The predicted octanol–water partition coefficient (Wildman–Crippen LogP) is 4.22. The van der Waals surface area contributed by atoms with Gasteiger partial charge in [0.1, 0.15) is 11.3 Å². The molecule has 1 aromatic heterocycles. The second-order valence-electron chi connectivity index (χ2n) is 6.00. The van der Waals surface area contributed by atoms with Gasteiger partial charge in [0.2, 0.25) is 5.78 Å². The first kappa shape index (κ1) is 16.7. The SMILES string of the molecule is CCCn1ncc(Br)c1C(=O)C1(OCC)CCC(C)CC1. The van der Waals surface area contributed by atoms with E-state index >= 15 is 0 Å². The summed E-state index contributed by atoms with van der Waals surface area (Å²) in [5.74, 6) is 0.768. The van der Waals surface area contributed by atoms with Crippen LogP contribution in [0.2, 0.25) is 0 Å². The lowest BCUT2D eigenvalue weighted by Gasteiger charge is -2.37. The van der Waals surface area contributed by atoms with E-state index in [0.717, 1.165) is 43.1 Å². The largest absolute Gasteiger partial charge is 0.367 e. The van der Waals surface area contributed by atoms with Crippen molar-refractivity contribution < 1.29 is 9.53 Å². The molecule has 1 fully saturated rings. The van der Waals surface area contributed by atoms with E-state index in [0.29, 0.717) is 18.2 Å². The van der Waals surface area contributed by atoms with E-state index in [1.54, 1.807) is 6.20 Å². The van der Waals surface area contributed by atoms with E-state index in [1.165, 1.54) is 0 Å². The minimum atomic E-state index is -0.657. The van der Waals surface area contributed by atoms with E-state index in [-0.39, 0.29) is 5.78 Å². The number of halogens is 1. The smallest absolute Gasteiger partial charge is 0.213 e. The van der Waals surface area contributed by atoms with Crippen molar-refractivity contribution in [2.75, 3.05) is 6.61 Å². The highest BCUT2D eigenvalue weighted by Gasteiger charge is 2.44. The zero-order valence-electron chi connectivity index (χ0n) is 13.2. The summed E-state index contributed by atoms with van der Waals surface area (Å²) in [6.45, 7) is 7.62. The van der Waals surface area contributed by atoms with Crippen LogP contribution in [0.1, 0.15) is 63.4 Å². The molecule has 0 radical (unpaired) electrons. The number of hydrogen-bond donors (Lipinski definition) is 0. The van der Waals surface area contributed by atoms with Crippen molar-refractivity contribution in [2.45, 2.75) is 65.0 Å². The first-order valence-corrected chi connectivity index (χ1v) is 8.73. The summed E-state index contributed by atoms with van der Waals surface area (Å²) in [5, 5.41) is 4.32. The Morgan fingerprint density at radius 3 is 2.71 bits per heavy atom. The molecule has 21 heavy (non-hydrogen) atoms. The zero-order chi connectivity index (χ0) is 15.5. The fraction of sp³-hybridized carbons (Fsp3) is 0.750. The molecule has 0 saturated heterocycles. The van der Waals surface area contributed by atoms with Gasteiger partial charge in [-0.1, -0.05) is 13.8 Å². The van der Waals surface area contributed by atoms with E-state index in [1.807, 2.05) is 11.6 Å².